The molecular weight excluding hydrogens is 331 g/mol. The molecule has 2 radical (unpaired) electrons. The van der Waals surface area contributed by atoms with Crippen LogP contribution in [0.4, 0.5) is 0 Å². The maximum absolute atomic E-state index is 10.0. The van der Waals surface area contributed by atoms with Gasteiger partial charge >= 0.3 is 29.0 Å². The molecule has 0 fully saturated rings. The zero-order valence-electron chi connectivity index (χ0n) is 10.7. The van der Waals surface area contributed by atoms with Crippen LogP contribution in [-0.2, 0) is 9.59 Å². The SMILES string of the molecule is NCCC[C@H](N)C(=O)O.O=C(O)/C=C/c1cnc[nH]1.[Se+4]. The van der Waals surface area contributed by atoms with Gasteiger partial charge in [-0.1, -0.05) is 0 Å². The van der Waals surface area contributed by atoms with Gasteiger partial charge in [0.2, 0.25) is 0 Å². The van der Waals surface area contributed by atoms with Crippen LogP contribution in [0.5, 0.6) is 0 Å². The molecule has 7 N–H and O–H groups in total. The van der Waals surface area contributed by atoms with Crippen molar-refractivity contribution >= 4 is 35.1 Å². The number of hydrogen-bond donors (Lipinski definition) is 5. The Hall–Kier alpha value is -1.67. The predicted octanol–water partition coefficient (Wildman–Crippen LogP) is -0.736. The summed E-state index contributed by atoms with van der Waals surface area (Å²) in [5, 5.41) is 16.4. The Kier molecular flexibility index (Phi) is 12.8. The van der Waals surface area contributed by atoms with Gasteiger partial charge < -0.3 is 26.7 Å². The van der Waals surface area contributed by atoms with Crippen molar-refractivity contribution < 1.29 is 19.8 Å². The van der Waals surface area contributed by atoms with E-state index < -0.39 is 18.0 Å². The normalized spacial score (nSPS) is 11.1. The van der Waals surface area contributed by atoms with Crippen LogP contribution in [0.25, 0.3) is 6.08 Å². The monoisotopic (exact) mass is 350 g/mol. The molecule has 0 spiro atoms. The van der Waals surface area contributed by atoms with E-state index in [9.17, 15) is 9.59 Å². The first-order valence-electron chi connectivity index (χ1n) is 5.55. The Balaban J connectivity index is 0. The fourth-order valence-electron chi connectivity index (χ4n) is 0.980. The summed E-state index contributed by atoms with van der Waals surface area (Å²) in [7, 11) is 0. The fourth-order valence-corrected chi connectivity index (χ4v) is 0.980. The first-order chi connectivity index (χ1) is 8.97. The molecule has 9 heteroatoms. The van der Waals surface area contributed by atoms with Crippen molar-refractivity contribution in [3.63, 3.8) is 0 Å². The van der Waals surface area contributed by atoms with Gasteiger partial charge in [-0.3, -0.25) is 4.79 Å². The van der Waals surface area contributed by atoms with Gasteiger partial charge in [0.05, 0.1) is 18.2 Å². The molecule has 20 heavy (non-hydrogen) atoms. The van der Waals surface area contributed by atoms with Crippen molar-refractivity contribution in [2.24, 2.45) is 11.5 Å². The molecule has 0 aliphatic heterocycles. The number of H-pyrrole nitrogens is 1. The van der Waals surface area contributed by atoms with Crippen LogP contribution in [0, 0.1) is 0 Å². The van der Waals surface area contributed by atoms with Gasteiger partial charge in [-0.2, -0.15) is 0 Å². The van der Waals surface area contributed by atoms with Gasteiger partial charge in [0.1, 0.15) is 6.04 Å². The molecule has 1 rings (SSSR count). The molecule has 8 nitrogen and oxygen atoms in total. The molecule has 0 bridgehead atoms. The van der Waals surface area contributed by atoms with E-state index in [4.69, 9.17) is 21.7 Å². The van der Waals surface area contributed by atoms with Crippen LogP contribution in [0.15, 0.2) is 18.6 Å². The number of rotatable bonds is 6. The molecule has 1 atom stereocenters. The number of imidazole rings is 1. The second-order valence-corrected chi connectivity index (χ2v) is 3.55. The number of hydrogen-bond acceptors (Lipinski definition) is 5. The van der Waals surface area contributed by atoms with E-state index in [1.165, 1.54) is 12.4 Å². The van der Waals surface area contributed by atoms with Crippen molar-refractivity contribution in [2.45, 2.75) is 18.9 Å². The number of aromatic nitrogens is 2. The smallest absolute Gasteiger partial charge is 0.480 e. The predicted molar refractivity (Wildman–Crippen MR) is 74.9 cm³/mol. The molecule has 0 amide bonds. The van der Waals surface area contributed by atoms with Crippen LogP contribution in [0.1, 0.15) is 18.5 Å². The fraction of sp³-hybridized carbons (Fsp3) is 0.364. The molecule has 1 heterocycles. The Labute approximate surface area is 126 Å². The van der Waals surface area contributed by atoms with Gasteiger partial charge in [-0.15, -0.1) is 0 Å². The third kappa shape index (κ3) is 11.4. The molecular formula is C11H18N4O4Se+4. The van der Waals surface area contributed by atoms with Gasteiger partial charge in [0, 0.05) is 6.08 Å². The van der Waals surface area contributed by atoms with E-state index in [1.807, 2.05) is 0 Å². The minimum atomic E-state index is -0.963. The zero-order valence-corrected chi connectivity index (χ0v) is 12.4. The Bertz CT molecular complexity index is 409. The second kappa shape index (κ2) is 12.4. The second-order valence-electron chi connectivity index (χ2n) is 3.55. The summed E-state index contributed by atoms with van der Waals surface area (Å²) in [5.41, 5.74) is 11.0. The van der Waals surface area contributed by atoms with Crippen molar-refractivity contribution in [2.75, 3.05) is 6.54 Å². The quantitative estimate of drug-likeness (QED) is 0.335. The van der Waals surface area contributed by atoms with Gasteiger partial charge in [-0.25, -0.2) is 9.78 Å². The molecule has 0 aromatic carbocycles. The van der Waals surface area contributed by atoms with E-state index in [0.29, 0.717) is 25.1 Å². The summed E-state index contributed by atoms with van der Waals surface area (Å²) in [6.07, 6.45) is 6.66. The topological polar surface area (TPSA) is 155 Å². The van der Waals surface area contributed by atoms with Crippen LogP contribution in [0.3, 0.4) is 0 Å². The Morgan fingerprint density at radius 1 is 1.45 bits per heavy atom. The van der Waals surface area contributed by atoms with Crippen molar-refractivity contribution in [3.8, 4) is 0 Å². The van der Waals surface area contributed by atoms with Gasteiger partial charge in [-0.05, 0) is 25.5 Å². The number of carboxylic acids is 2. The number of nitrogens with one attached hydrogen (secondary N) is 1. The van der Waals surface area contributed by atoms with Crippen LogP contribution < -0.4 is 11.5 Å². The summed E-state index contributed by atoms with van der Waals surface area (Å²) in [6, 6.07) is -0.742. The van der Waals surface area contributed by atoms with Crippen LogP contribution in [0.2, 0.25) is 0 Å². The maximum atomic E-state index is 10.0. The standard InChI is InChI=1S/C6H6N2O2.C5H12N2O2.Se/c9-6(10)2-1-5-3-7-4-8-5;6-3-1-2-4(7)5(8)9;/h1-4H,(H,7,8)(H,9,10);4H,1-3,6-7H2,(H,8,9);/q;;+4/b2-1+;;/t;4-;/m.0./s1. The average molecular weight is 349 g/mol. The minimum absolute atomic E-state index is 0. The summed E-state index contributed by atoms with van der Waals surface area (Å²) < 4.78 is 0. The molecule has 0 aliphatic rings. The molecule has 0 saturated heterocycles. The van der Waals surface area contributed by atoms with E-state index in [-0.39, 0.29) is 17.1 Å². The van der Waals surface area contributed by atoms with E-state index in [2.05, 4.69) is 9.97 Å². The van der Waals surface area contributed by atoms with E-state index in [0.717, 1.165) is 6.08 Å². The first-order valence-corrected chi connectivity index (χ1v) is 5.55. The average Bonchev–Trinajstić information content (AvgIpc) is 2.87. The van der Waals surface area contributed by atoms with E-state index in [1.54, 1.807) is 6.20 Å². The number of aromatic amines is 1. The maximum Gasteiger partial charge on any atom is 4.00 e. The van der Waals surface area contributed by atoms with Crippen molar-refractivity contribution in [1.82, 2.24) is 9.97 Å². The summed E-state index contributed by atoms with van der Waals surface area (Å²) >= 11 is 0. The summed E-state index contributed by atoms with van der Waals surface area (Å²) in [4.78, 5) is 26.4. The van der Waals surface area contributed by atoms with Crippen molar-refractivity contribution in [3.05, 3.63) is 24.3 Å². The Morgan fingerprint density at radius 2 is 2.10 bits per heavy atom. The van der Waals surface area contributed by atoms with Gasteiger partial charge in [0.25, 0.3) is 0 Å². The molecule has 108 valence electrons. The number of nitrogens with zero attached hydrogens (tertiary/aromatic N) is 1. The molecule has 0 unspecified atom stereocenters. The number of carboxylic acid groups (broad SMARTS) is 2. The van der Waals surface area contributed by atoms with Gasteiger partial charge in [0.15, 0.2) is 0 Å². The largest absolute Gasteiger partial charge is 4.00 e. The number of aliphatic carboxylic acids is 2. The molecule has 0 saturated carbocycles. The van der Waals surface area contributed by atoms with Crippen LogP contribution >= 0.6 is 0 Å². The molecule has 1 aromatic rings. The van der Waals surface area contributed by atoms with Crippen molar-refractivity contribution in [1.29, 1.82) is 0 Å². The molecule has 0 aliphatic carbocycles. The van der Waals surface area contributed by atoms with E-state index >= 15 is 0 Å². The third-order valence-electron chi connectivity index (χ3n) is 1.96. The first kappa shape index (κ1) is 20.6. The summed E-state index contributed by atoms with van der Waals surface area (Å²) in [5.74, 6) is -1.92. The third-order valence-corrected chi connectivity index (χ3v) is 1.96. The summed E-state index contributed by atoms with van der Waals surface area (Å²) in [6.45, 7) is 0.501. The minimum Gasteiger partial charge on any atom is -0.480 e. The molecule has 1 aromatic heterocycles. The number of carbonyl (C=O) groups is 2. The van der Waals surface area contributed by atoms with Crippen LogP contribution in [-0.4, -0.2) is 61.8 Å². The Morgan fingerprint density at radius 3 is 2.50 bits per heavy atom. The zero-order chi connectivity index (χ0) is 14.7. The number of nitrogens with two attached hydrogens (primary N) is 2.